The van der Waals surface area contributed by atoms with E-state index >= 15 is 0 Å². The number of amides is 2. The minimum absolute atomic E-state index is 0.142. The van der Waals surface area contributed by atoms with Gasteiger partial charge in [0.15, 0.2) is 0 Å². The van der Waals surface area contributed by atoms with E-state index in [0.29, 0.717) is 17.8 Å². The normalized spacial score (nSPS) is 10.7. The molecule has 0 aliphatic heterocycles. The molecule has 0 heterocycles. The van der Waals surface area contributed by atoms with E-state index in [1.54, 1.807) is 37.3 Å². The van der Waals surface area contributed by atoms with Gasteiger partial charge in [-0.3, -0.25) is 9.59 Å². The molecule has 0 aromatic heterocycles. The second-order valence-corrected chi connectivity index (χ2v) is 3.92. The molecule has 0 spiro atoms. The van der Waals surface area contributed by atoms with Crippen LogP contribution in [0.25, 0.3) is 0 Å². The van der Waals surface area contributed by atoms with Gasteiger partial charge in [-0.1, -0.05) is 24.3 Å². The highest BCUT2D eigenvalue weighted by molar-refractivity contribution is 6.01. The first-order valence-electron chi connectivity index (χ1n) is 5.89. The molecular formula is C14H17N3O2. The van der Waals surface area contributed by atoms with Gasteiger partial charge < -0.3 is 5.32 Å². The number of nitrogens with one attached hydrogen (secondary N) is 2. The Hall–Kier alpha value is -2.43. The first-order chi connectivity index (χ1) is 9.13. The average Bonchev–Trinajstić information content (AvgIpc) is 2.43. The predicted octanol–water partition coefficient (Wildman–Crippen LogP) is 1.48. The minimum atomic E-state index is -0.300. The fraction of sp³-hybridized carbons (Fsp3) is 0.214. The van der Waals surface area contributed by atoms with E-state index < -0.39 is 0 Å². The molecule has 0 fully saturated rings. The Morgan fingerprint density at radius 3 is 2.63 bits per heavy atom. The van der Waals surface area contributed by atoms with E-state index in [9.17, 15) is 9.59 Å². The summed E-state index contributed by atoms with van der Waals surface area (Å²) in [6.45, 7) is 5.60. The van der Waals surface area contributed by atoms with Crippen molar-refractivity contribution in [2.24, 2.45) is 5.10 Å². The Labute approximate surface area is 112 Å². The van der Waals surface area contributed by atoms with E-state index in [2.05, 4.69) is 22.4 Å². The van der Waals surface area contributed by atoms with Crippen molar-refractivity contribution in [2.75, 3.05) is 6.54 Å². The summed E-state index contributed by atoms with van der Waals surface area (Å²) in [5.74, 6) is -0.457. The Kier molecular flexibility index (Phi) is 6.02. The standard InChI is InChI=1S/C14H17N3O2/c1-3-9-15-13(18)10-11(2)16-17-14(19)12-7-5-4-6-8-12/h3-8H,1,9-10H2,2H3,(H,15,18)(H,17,19). The van der Waals surface area contributed by atoms with Crippen LogP contribution in [0.3, 0.4) is 0 Å². The van der Waals surface area contributed by atoms with Crippen molar-refractivity contribution in [2.45, 2.75) is 13.3 Å². The summed E-state index contributed by atoms with van der Waals surface area (Å²) in [4.78, 5) is 23.0. The maximum atomic E-state index is 11.7. The van der Waals surface area contributed by atoms with Crippen LogP contribution in [0.2, 0.25) is 0 Å². The predicted molar refractivity (Wildman–Crippen MR) is 74.8 cm³/mol. The van der Waals surface area contributed by atoms with Crippen LogP contribution >= 0.6 is 0 Å². The zero-order chi connectivity index (χ0) is 14.1. The fourth-order valence-corrected chi connectivity index (χ4v) is 1.32. The molecule has 0 bridgehead atoms. The topological polar surface area (TPSA) is 70.6 Å². The van der Waals surface area contributed by atoms with Gasteiger partial charge in [0.05, 0.1) is 6.42 Å². The molecule has 1 rings (SSSR count). The SMILES string of the molecule is C=CCNC(=O)CC(C)=NNC(=O)c1ccccc1. The lowest BCUT2D eigenvalue weighted by Crippen LogP contribution is -2.26. The van der Waals surface area contributed by atoms with Gasteiger partial charge in [-0.15, -0.1) is 6.58 Å². The summed E-state index contributed by atoms with van der Waals surface area (Å²) in [6, 6.07) is 8.76. The number of carbonyl (C=O) groups excluding carboxylic acids is 2. The van der Waals surface area contributed by atoms with Gasteiger partial charge in [0.25, 0.3) is 5.91 Å². The first kappa shape index (κ1) is 14.6. The van der Waals surface area contributed by atoms with Gasteiger partial charge >= 0.3 is 0 Å². The second-order valence-electron chi connectivity index (χ2n) is 3.92. The number of benzene rings is 1. The Morgan fingerprint density at radius 2 is 2.00 bits per heavy atom. The van der Waals surface area contributed by atoms with E-state index in [4.69, 9.17) is 0 Å². The molecule has 0 radical (unpaired) electrons. The first-order valence-corrected chi connectivity index (χ1v) is 5.89. The molecule has 19 heavy (non-hydrogen) atoms. The van der Waals surface area contributed by atoms with Gasteiger partial charge in [0.1, 0.15) is 0 Å². The van der Waals surface area contributed by atoms with Crippen LogP contribution in [0.5, 0.6) is 0 Å². The number of carbonyl (C=O) groups is 2. The molecular weight excluding hydrogens is 242 g/mol. The summed E-state index contributed by atoms with van der Waals surface area (Å²) >= 11 is 0. The summed E-state index contributed by atoms with van der Waals surface area (Å²) in [5, 5.41) is 6.51. The van der Waals surface area contributed by atoms with Gasteiger partial charge in [-0.2, -0.15) is 5.10 Å². The van der Waals surface area contributed by atoms with E-state index in [-0.39, 0.29) is 18.2 Å². The van der Waals surface area contributed by atoms with Crippen LogP contribution < -0.4 is 10.7 Å². The average molecular weight is 259 g/mol. The third kappa shape index (κ3) is 5.63. The Balaban J connectivity index is 2.45. The zero-order valence-corrected chi connectivity index (χ0v) is 10.8. The molecule has 1 aromatic rings. The van der Waals surface area contributed by atoms with Crippen LogP contribution in [-0.2, 0) is 4.79 Å². The lowest BCUT2D eigenvalue weighted by molar-refractivity contribution is -0.119. The molecule has 100 valence electrons. The second kappa shape index (κ2) is 7.81. The monoisotopic (exact) mass is 259 g/mol. The lowest BCUT2D eigenvalue weighted by atomic mass is 10.2. The van der Waals surface area contributed by atoms with Crippen molar-refractivity contribution < 1.29 is 9.59 Å². The molecule has 0 saturated heterocycles. The summed E-state index contributed by atoms with van der Waals surface area (Å²) in [6.07, 6.45) is 1.74. The number of rotatable bonds is 6. The van der Waals surface area contributed by atoms with E-state index in [0.717, 1.165) is 0 Å². The minimum Gasteiger partial charge on any atom is -0.352 e. The molecule has 2 amide bonds. The van der Waals surface area contributed by atoms with Crippen molar-refractivity contribution >= 4 is 17.5 Å². The third-order valence-corrected chi connectivity index (χ3v) is 2.24. The molecule has 5 nitrogen and oxygen atoms in total. The van der Waals surface area contributed by atoms with E-state index in [1.807, 2.05) is 6.07 Å². The number of nitrogens with zero attached hydrogens (tertiary/aromatic N) is 1. The molecule has 0 aliphatic rings. The third-order valence-electron chi connectivity index (χ3n) is 2.24. The molecule has 0 saturated carbocycles. The smallest absolute Gasteiger partial charge is 0.271 e. The lowest BCUT2D eigenvalue weighted by Gasteiger charge is -2.03. The van der Waals surface area contributed by atoms with Crippen LogP contribution in [0.15, 0.2) is 48.1 Å². The Bertz CT molecular complexity index is 481. The number of hydrogen-bond donors (Lipinski definition) is 2. The molecule has 2 N–H and O–H groups in total. The van der Waals surface area contributed by atoms with Gasteiger partial charge in [0, 0.05) is 17.8 Å². The van der Waals surface area contributed by atoms with Crippen molar-refractivity contribution in [3.8, 4) is 0 Å². The summed E-state index contributed by atoms with van der Waals surface area (Å²) in [5.41, 5.74) is 3.47. The molecule has 0 atom stereocenters. The molecule has 0 unspecified atom stereocenters. The van der Waals surface area contributed by atoms with Crippen molar-refractivity contribution in [1.29, 1.82) is 0 Å². The maximum absolute atomic E-state index is 11.7. The van der Waals surface area contributed by atoms with E-state index in [1.165, 1.54) is 0 Å². The van der Waals surface area contributed by atoms with Gasteiger partial charge in [0.2, 0.25) is 5.91 Å². The maximum Gasteiger partial charge on any atom is 0.271 e. The molecule has 1 aromatic carbocycles. The highest BCUT2D eigenvalue weighted by atomic mass is 16.2. The summed E-state index contributed by atoms with van der Waals surface area (Å²) in [7, 11) is 0. The highest BCUT2D eigenvalue weighted by Gasteiger charge is 2.05. The van der Waals surface area contributed by atoms with Gasteiger partial charge in [-0.25, -0.2) is 5.43 Å². The quantitative estimate of drug-likeness (QED) is 0.461. The van der Waals surface area contributed by atoms with Crippen molar-refractivity contribution in [3.05, 3.63) is 48.6 Å². The highest BCUT2D eigenvalue weighted by Crippen LogP contribution is 1.97. The number of hydrogen-bond acceptors (Lipinski definition) is 3. The largest absolute Gasteiger partial charge is 0.352 e. The zero-order valence-electron chi connectivity index (χ0n) is 10.8. The van der Waals surface area contributed by atoms with Crippen LogP contribution in [-0.4, -0.2) is 24.1 Å². The van der Waals surface area contributed by atoms with Crippen molar-refractivity contribution in [1.82, 2.24) is 10.7 Å². The van der Waals surface area contributed by atoms with Crippen LogP contribution in [0, 0.1) is 0 Å². The summed E-state index contributed by atoms with van der Waals surface area (Å²) < 4.78 is 0. The molecule has 0 aliphatic carbocycles. The fourth-order valence-electron chi connectivity index (χ4n) is 1.32. The van der Waals surface area contributed by atoms with Crippen LogP contribution in [0.1, 0.15) is 23.7 Å². The van der Waals surface area contributed by atoms with Crippen LogP contribution in [0.4, 0.5) is 0 Å². The van der Waals surface area contributed by atoms with Crippen molar-refractivity contribution in [3.63, 3.8) is 0 Å². The Morgan fingerprint density at radius 1 is 1.32 bits per heavy atom. The number of hydrazone groups is 1. The van der Waals surface area contributed by atoms with Gasteiger partial charge in [-0.05, 0) is 19.1 Å². The molecule has 5 heteroatoms.